The first-order chi connectivity index (χ1) is 8.70. The Bertz CT molecular complexity index is 504. The van der Waals surface area contributed by atoms with Crippen molar-refractivity contribution in [3.63, 3.8) is 0 Å². The third kappa shape index (κ3) is 2.88. The van der Waals surface area contributed by atoms with Gasteiger partial charge in [-0.3, -0.25) is 9.67 Å². The Kier molecular flexibility index (Phi) is 3.97. The number of nitrogens with two attached hydrogens (primary N) is 1. The summed E-state index contributed by atoms with van der Waals surface area (Å²) in [5, 5.41) is 4.58. The molecule has 0 saturated heterocycles. The van der Waals surface area contributed by atoms with Gasteiger partial charge in [0.2, 0.25) is 0 Å². The fourth-order valence-corrected chi connectivity index (χ4v) is 1.85. The van der Waals surface area contributed by atoms with Gasteiger partial charge in [-0.05, 0) is 43.9 Å². The van der Waals surface area contributed by atoms with Crippen LogP contribution in [0.15, 0.2) is 30.7 Å². The van der Waals surface area contributed by atoms with Crippen molar-refractivity contribution < 1.29 is 0 Å². The minimum absolute atomic E-state index is 0.460. The van der Waals surface area contributed by atoms with Crippen molar-refractivity contribution >= 4 is 5.69 Å². The fourth-order valence-electron chi connectivity index (χ4n) is 1.85. The summed E-state index contributed by atoms with van der Waals surface area (Å²) in [5.74, 6) is 0. The van der Waals surface area contributed by atoms with Gasteiger partial charge in [0.15, 0.2) is 0 Å². The molecule has 96 valence electrons. The Morgan fingerprint density at radius 3 is 2.89 bits per heavy atom. The maximum Gasteiger partial charge on any atom is 0.0628 e. The molecule has 4 heteroatoms. The van der Waals surface area contributed by atoms with E-state index in [0.717, 1.165) is 36.2 Å². The minimum Gasteiger partial charge on any atom is -0.398 e. The van der Waals surface area contributed by atoms with Gasteiger partial charge in [-0.25, -0.2) is 0 Å². The largest absolute Gasteiger partial charge is 0.398 e. The first kappa shape index (κ1) is 12.6. The molecule has 0 aliphatic carbocycles. The highest BCUT2D eigenvalue weighted by Crippen LogP contribution is 2.13. The maximum absolute atomic E-state index is 5.89. The zero-order valence-electron chi connectivity index (χ0n) is 11.0. The number of nitrogens with zero attached hydrogens (tertiary/aromatic N) is 3. The summed E-state index contributed by atoms with van der Waals surface area (Å²) in [6.07, 6.45) is 8.49. The van der Waals surface area contributed by atoms with E-state index in [0.29, 0.717) is 6.04 Å². The van der Waals surface area contributed by atoms with Gasteiger partial charge in [0.25, 0.3) is 0 Å². The zero-order valence-corrected chi connectivity index (χ0v) is 11.0. The Labute approximate surface area is 108 Å². The van der Waals surface area contributed by atoms with Crippen molar-refractivity contribution in [2.75, 3.05) is 5.73 Å². The molecule has 2 aromatic heterocycles. The van der Waals surface area contributed by atoms with E-state index in [1.54, 1.807) is 6.20 Å². The highest BCUT2D eigenvalue weighted by molar-refractivity contribution is 5.44. The van der Waals surface area contributed by atoms with Gasteiger partial charge in [0.1, 0.15) is 0 Å². The highest BCUT2D eigenvalue weighted by Gasteiger charge is 2.05. The van der Waals surface area contributed by atoms with Crippen LogP contribution in [0.4, 0.5) is 5.69 Å². The lowest BCUT2D eigenvalue weighted by molar-refractivity contribution is 0.473. The van der Waals surface area contributed by atoms with Crippen LogP contribution in [0.5, 0.6) is 0 Å². The van der Waals surface area contributed by atoms with Gasteiger partial charge in [-0.1, -0.05) is 6.92 Å². The zero-order chi connectivity index (χ0) is 13.0. The number of hydrogen-bond donors (Lipinski definition) is 1. The SMILES string of the molecule is CCC(C)n1ccc(CCc2cnccc2N)n1. The fraction of sp³-hybridized carbons (Fsp3) is 0.429. The summed E-state index contributed by atoms with van der Waals surface area (Å²) >= 11 is 0. The van der Waals surface area contributed by atoms with E-state index in [1.807, 2.05) is 16.9 Å². The molecule has 1 atom stereocenters. The molecule has 2 N–H and O–H groups in total. The molecule has 1 unspecified atom stereocenters. The summed E-state index contributed by atoms with van der Waals surface area (Å²) < 4.78 is 2.03. The Morgan fingerprint density at radius 1 is 1.33 bits per heavy atom. The van der Waals surface area contributed by atoms with Crippen molar-refractivity contribution in [3.8, 4) is 0 Å². The molecule has 0 fully saturated rings. The number of nitrogen functional groups attached to an aromatic ring is 1. The van der Waals surface area contributed by atoms with Crippen LogP contribution >= 0.6 is 0 Å². The molecule has 0 amide bonds. The highest BCUT2D eigenvalue weighted by atomic mass is 15.3. The number of aryl methyl sites for hydroxylation is 2. The normalized spacial score (nSPS) is 12.6. The summed E-state index contributed by atoms with van der Waals surface area (Å²) in [6, 6.07) is 4.38. The van der Waals surface area contributed by atoms with Crippen molar-refractivity contribution in [3.05, 3.63) is 42.0 Å². The number of aromatic nitrogens is 3. The lowest BCUT2D eigenvalue weighted by Gasteiger charge is -2.08. The van der Waals surface area contributed by atoms with E-state index in [9.17, 15) is 0 Å². The van der Waals surface area contributed by atoms with Gasteiger partial charge in [0, 0.05) is 30.3 Å². The van der Waals surface area contributed by atoms with Crippen LogP contribution in [0.25, 0.3) is 0 Å². The minimum atomic E-state index is 0.460. The number of pyridine rings is 1. The Hall–Kier alpha value is -1.84. The summed E-state index contributed by atoms with van der Waals surface area (Å²) in [7, 11) is 0. The van der Waals surface area contributed by atoms with Crippen LogP contribution in [0.2, 0.25) is 0 Å². The molecule has 0 spiro atoms. The topological polar surface area (TPSA) is 56.7 Å². The Balaban J connectivity index is 1.98. The van der Waals surface area contributed by atoms with E-state index in [2.05, 4.69) is 36.2 Å². The van der Waals surface area contributed by atoms with E-state index in [-0.39, 0.29) is 0 Å². The first-order valence-corrected chi connectivity index (χ1v) is 6.43. The quantitative estimate of drug-likeness (QED) is 0.879. The maximum atomic E-state index is 5.89. The second-order valence-corrected chi connectivity index (χ2v) is 4.62. The lowest BCUT2D eigenvalue weighted by Crippen LogP contribution is -2.05. The molecule has 18 heavy (non-hydrogen) atoms. The second kappa shape index (κ2) is 5.67. The average molecular weight is 244 g/mol. The van der Waals surface area contributed by atoms with Crippen molar-refractivity contribution in [1.29, 1.82) is 0 Å². The van der Waals surface area contributed by atoms with E-state index in [1.165, 1.54) is 0 Å². The van der Waals surface area contributed by atoms with E-state index >= 15 is 0 Å². The van der Waals surface area contributed by atoms with Crippen molar-refractivity contribution in [2.24, 2.45) is 0 Å². The van der Waals surface area contributed by atoms with Gasteiger partial charge < -0.3 is 5.73 Å². The molecular weight excluding hydrogens is 224 g/mol. The van der Waals surface area contributed by atoms with Crippen LogP contribution < -0.4 is 5.73 Å². The molecule has 2 aromatic rings. The van der Waals surface area contributed by atoms with Crippen LogP contribution in [-0.4, -0.2) is 14.8 Å². The molecule has 2 heterocycles. The third-order valence-electron chi connectivity index (χ3n) is 3.30. The predicted molar refractivity (Wildman–Crippen MR) is 73.3 cm³/mol. The monoisotopic (exact) mass is 244 g/mol. The average Bonchev–Trinajstić information content (AvgIpc) is 2.86. The molecule has 0 aliphatic rings. The van der Waals surface area contributed by atoms with Gasteiger partial charge in [-0.15, -0.1) is 0 Å². The first-order valence-electron chi connectivity index (χ1n) is 6.43. The Morgan fingerprint density at radius 2 is 2.17 bits per heavy atom. The third-order valence-corrected chi connectivity index (χ3v) is 3.30. The van der Waals surface area contributed by atoms with E-state index in [4.69, 9.17) is 5.73 Å². The second-order valence-electron chi connectivity index (χ2n) is 4.62. The molecule has 2 rings (SSSR count). The summed E-state index contributed by atoms with van der Waals surface area (Å²) in [4.78, 5) is 4.10. The number of rotatable bonds is 5. The van der Waals surface area contributed by atoms with Gasteiger partial charge in [0.05, 0.1) is 5.69 Å². The number of hydrogen-bond acceptors (Lipinski definition) is 3. The number of anilines is 1. The standard InChI is InChI=1S/C14H20N4/c1-3-11(2)18-9-7-13(17-18)5-4-12-10-16-8-6-14(12)15/h6-11H,3-5H2,1-2H3,(H2,15,16). The predicted octanol–water partition coefficient (Wildman–Crippen LogP) is 2.62. The van der Waals surface area contributed by atoms with Crippen molar-refractivity contribution in [2.45, 2.75) is 39.2 Å². The molecule has 0 aromatic carbocycles. The van der Waals surface area contributed by atoms with Crippen LogP contribution in [-0.2, 0) is 12.8 Å². The van der Waals surface area contributed by atoms with Crippen LogP contribution in [0.3, 0.4) is 0 Å². The lowest BCUT2D eigenvalue weighted by atomic mass is 10.1. The molecule has 0 radical (unpaired) electrons. The summed E-state index contributed by atoms with van der Waals surface area (Å²) in [5.41, 5.74) is 8.91. The molecular formula is C14H20N4. The summed E-state index contributed by atoms with van der Waals surface area (Å²) in [6.45, 7) is 4.35. The van der Waals surface area contributed by atoms with Crippen LogP contribution in [0, 0.1) is 0 Å². The van der Waals surface area contributed by atoms with Gasteiger partial charge >= 0.3 is 0 Å². The van der Waals surface area contributed by atoms with Crippen LogP contribution in [0.1, 0.15) is 37.6 Å². The van der Waals surface area contributed by atoms with Crippen molar-refractivity contribution in [1.82, 2.24) is 14.8 Å². The van der Waals surface area contributed by atoms with E-state index < -0.39 is 0 Å². The van der Waals surface area contributed by atoms with Gasteiger partial charge in [-0.2, -0.15) is 5.10 Å². The molecule has 0 saturated carbocycles. The smallest absolute Gasteiger partial charge is 0.0628 e. The molecule has 0 aliphatic heterocycles. The molecule has 4 nitrogen and oxygen atoms in total. The molecule has 0 bridgehead atoms.